The first-order chi connectivity index (χ1) is 9.10. The Morgan fingerprint density at radius 3 is 2.84 bits per heavy atom. The van der Waals surface area contributed by atoms with Gasteiger partial charge in [-0.05, 0) is 26.8 Å². The summed E-state index contributed by atoms with van der Waals surface area (Å²) in [7, 11) is 1.83. The van der Waals surface area contributed by atoms with Crippen molar-refractivity contribution in [1.82, 2.24) is 4.90 Å². The summed E-state index contributed by atoms with van der Waals surface area (Å²) in [4.78, 5) is 24.3. The number of carbonyl (C=O) groups excluding carboxylic acids is 2. The van der Waals surface area contributed by atoms with Crippen LogP contribution in [0.2, 0.25) is 0 Å². The number of aliphatic hydroxyl groups is 1. The van der Waals surface area contributed by atoms with Crippen LogP contribution < -0.4 is 0 Å². The minimum absolute atomic E-state index is 0.00933. The minimum atomic E-state index is -0.657. The Morgan fingerprint density at radius 1 is 1.58 bits per heavy atom. The molecule has 1 aliphatic rings. The fourth-order valence-electron chi connectivity index (χ4n) is 1.99. The van der Waals surface area contributed by atoms with Gasteiger partial charge in [-0.25, -0.2) is 4.79 Å². The van der Waals surface area contributed by atoms with Crippen molar-refractivity contribution in [2.75, 3.05) is 33.4 Å². The van der Waals surface area contributed by atoms with Gasteiger partial charge < -0.3 is 14.6 Å². The molecule has 1 N–H and O–H groups in total. The second-order valence-corrected chi connectivity index (χ2v) is 4.49. The van der Waals surface area contributed by atoms with E-state index in [-0.39, 0.29) is 31.1 Å². The van der Waals surface area contributed by atoms with E-state index in [0.717, 1.165) is 19.4 Å². The van der Waals surface area contributed by atoms with Crippen molar-refractivity contribution < 1.29 is 24.2 Å². The highest BCUT2D eigenvalue weighted by Crippen LogP contribution is 2.14. The summed E-state index contributed by atoms with van der Waals surface area (Å²) in [5.74, 6) is -1.22. The topological polar surface area (TPSA) is 76.1 Å². The van der Waals surface area contributed by atoms with E-state index in [9.17, 15) is 14.7 Å². The molecule has 0 bridgehead atoms. The highest BCUT2D eigenvalue weighted by atomic mass is 16.5. The van der Waals surface area contributed by atoms with E-state index in [1.807, 2.05) is 11.9 Å². The Balaban J connectivity index is 2.71. The van der Waals surface area contributed by atoms with Gasteiger partial charge in [0.2, 0.25) is 0 Å². The molecule has 108 valence electrons. The van der Waals surface area contributed by atoms with Crippen LogP contribution in [0.15, 0.2) is 11.3 Å². The maximum atomic E-state index is 11.7. The number of allylic oxidation sites excluding steroid dienone is 1. The number of likely N-dealkylation sites (N-methyl/N-ethyl adjacent to an activating group) is 1. The first kappa shape index (κ1) is 15.7. The summed E-state index contributed by atoms with van der Waals surface area (Å²) < 4.78 is 10.2. The van der Waals surface area contributed by atoms with Gasteiger partial charge in [0, 0.05) is 19.2 Å². The largest absolute Gasteiger partial charge is 0.504 e. The second-order valence-electron chi connectivity index (χ2n) is 4.49. The lowest BCUT2D eigenvalue weighted by Crippen LogP contribution is -2.40. The number of aliphatic hydroxyl groups excluding tert-OH is 1. The number of hydrogen-bond acceptors (Lipinski definition) is 6. The van der Waals surface area contributed by atoms with Crippen LogP contribution >= 0.6 is 0 Å². The van der Waals surface area contributed by atoms with Gasteiger partial charge in [0.05, 0.1) is 18.8 Å². The van der Waals surface area contributed by atoms with Crippen LogP contribution in [0.4, 0.5) is 0 Å². The first-order valence-electron chi connectivity index (χ1n) is 6.42. The minimum Gasteiger partial charge on any atom is -0.504 e. The summed E-state index contributed by atoms with van der Waals surface area (Å²) in [6.45, 7) is 3.38. The van der Waals surface area contributed by atoms with E-state index in [0.29, 0.717) is 6.61 Å². The van der Waals surface area contributed by atoms with Gasteiger partial charge in [0.15, 0.2) is 12.0 Å². The number of aldehydes is 1. The van der Waals surface area contributed by atoms with Gasteiger partial charge in [-0.3, -0.25) is 9.69 Å². The maximum Gasteiger partial charge on any atom is 0.339 e. The van der Waals surface area contributed by atoms with Crippen molar-refractivity contribution >= 4 is 12.3 Å². The van der Waals surface area contributed by atoms with Crippen LogP contribution in [0.3, 0.4) is 0 Å². The van der Waals surface area contributed by atoms with Crippen molar-refractivity contribution in [3.8, 4) is 0 Å². The Hall–Kier alpha value is -1.40. The van der Waals surface area contributed by atoms with Crippen LogP contribution in [-0.4, -0.2) is 61.7 Å². The van der Waals surface area contributed by atoms with Crippen molar-refractivity contribution in [1.29, 1.82) is 0 Å². The third-order valence-corrected chi connectivity index (χ3v) is 3.11. The molecule has 0 saturated carbocycles. The molecule has 1 aliphatic heterocycles. The molecule has 1 rings (SSSR count). The highest BCUT2D eigenvalue weighted by Gasteiger charge is 2.24. The van der Waals surface area contributed by atoms with Crippen LogP contribution in [-0.2, 0) is 19.1 Å². The fraction of sp³-hybridized carbons (Fsp3) is 0.692. The zero-order valence-corrected chi connectivity index (χ0v) is 11.4. The monoisotopic (exact) mass is 271 g/mol. The summed E-state index contributed by atoms with van der Waals surface area (Å²) in [5, 5.41) is 9.51. The van der Waals surface area contributed by atoms with Gasteiger partial charge in [0.25, 0.3) is 0 Å². The molecule has 0 aromatic carbocycles. The molecule has 1 atom stereocenters. The van der Waals surface area contributed by atoms with Crippen molar-refractivity contribution in [3.63, 3.8) is 0 Å². The number of carbonyl (C=O) groups is 2. The maximum absolute atomic E-state index is 11.7. The predicted octanol–water partition coefficient (Wildman–Crippen LogP) is 0.671. The molecular weight excluding hydrogens is 250 g/mol. The zero-order valence-electron chi connectivity index (χ0n) is 11.4. The Morgan fingerprint density at radius 2 is 2.32 bits per heavy atom. The SMILES string of the molecule is CCOC(=O)/C(CN(C)C1CCCOC1)=C(\O)C=O. The van der Waals surface area contributed by atoms with Crippen molar-refractivity contribution in [2.45, 2.75) is 25.8 Å². The molecular formula is C13H21NO5. The van der Waals surface area contributed by atoms with Gasteiger partial charge in [0.1, 0.15) is 0 Å². The van der Waals surface area contributed by atoms with Crippen LogP contribution in [0.5, 0.6) is 0 Å². The number of nitrogens with zero attached hydrogens (tertiary/aromatic N) is 1. The van der Waals surface area contributed by atoms with Crippen molar-refractivity contribution in [2.24, 2.45) is 0 Å². The molecule has 19 heavy (non-hydrogen) atoms. The number of hydrogen-bond donors (Lipinski definition) is 1. The molecule has 6 heteroatoms. The van der Waals surface area contributed by atoms with Crippen LogP contribution in [0, 0.1) is 0 Å². The van der Waals surface area contributed by atoms with E-state index >= 15 is 0 Å². The molecule has 6 nitrogen and oxygen atoms in total. The standard InChI is InChI=1S/C13H21NO5/c1-3-19-13(17)11(12(16)8-15)7-14(2)10-5-4-6-18-9-10/h8,10,16H,3-7,9H2,1-2H3/b12-11-. The van der Waals surface area contributed by atoms with E-state index in [2.05, 4.69) is 0 Å². The highest BCUT2D eigenvalue weighted by molar-refractivity contribution is 5.94. The van der Waals surface area contributed by atoms with E-state index in [4.69, 9.17) is 9.47 Å². The lowest BCUT2D eigenvalue weighted by atomic mass is 10.1. The quantitative estimate of drug-likeness (QED) is 0.331. The number of ether oxygens (including phenoxy) is 2. The Bertz CT molecular complexity index is 347. The fourth-order valence-corrected chi connectivity index (χ4v) is 1.99. The average molecular weight is 271 g/mol. The molecule has 0 spiro atoms. The third-order valence-electron chi connectivity index (χ3n) is 3.11. The smallest absolute Gasteiger partial charge is 0.339 e. The third kappa shape index (κ3) is 4.65. The molecule has 1 unspecified atom stereocenters. The van der Waals surface area contributed by atoms with E-state index in [1.165, 1.54) is 0 Å². The molecule has 1 saturated heterocycles. The Labute approximate surface area is 113 Å². The van der Waals surface area contributed by atoms with Gasteiger partial charge in [-0.1, -0.05) is 0 Å². The summed E-state index contributed by atoms with van der Waals surface area (Å²) in [5.41, 5.74) is -0.00933. The van der Waals surface area contributed by atoms with Crippen LogP contribution in [0.1, 0.15) is 19.8 Å². The normalized spacial score (nSPS) is 20.9. The summed E-state index contributed by atoms with van der Waals surface area (Å²) in [6, 6.07) is 0.178. The van der Waals surface area contributed by atoms with Crippen LogP contribution in [0.25, 0.3) is 0 Å². The predicted molar refractivity (Wildman–Crippen MR) is 68.8 cm³/mol. The van der Waals surface area contributed by atoms with E-state index in [1.54, 1.807) is 6.92 Å². The van der Waals surface area contributed by atoms with Gasteiger partial charge in [-0.2, -0.15) is 0 Å². The number of rotatable bonds is 6. The summed E-state index contributed by atoms with van der Waals surface area (Å²) >= 11 is 0. The van der Waals surface area contributed by atoms with E-state index < -0.39 is 11.7 Å². The molecule has 0 aromatic rings. The molecule has 0 radical (unpaired) electrons. The number of esters is 1. The van der Waals surface area contributed by atoms with Gasteiger partial charge >= 0.3 is 5.97 Å². The summed E-state index contributed by atoms with van der Waals surface area (Å²) in [6.07, 6.45) is 2.19. The first-order valence-corrected chi connectivity index (χ1v) is 6.42. The lowest BCUT2D eigenvalue weighted by Gasteiger charge is -2.31. The second kappa shape index (κ2) is 7.91. The van der Waals surface area contributed by atoms with Crippen molar-refractivity contribution in [3.05, 3.63) is 11.3 Å². The van der Waals surface area contributed by atoms with Gasteiger partial charge in [-0.15, -0.1) is 0 Å². The molecule has 0 amide bonds. The molecule has 0 aromatic heterocycles. The average Bonchev–Trinajstić information content (AvgIpc) is 2.44. The molecule has 1 fully saturated rings. The zero-order chi connectivity index (χ0) is 14.3. The lowest BCUT2D eigenvalue weighted by molar-refractivity contribution is -0.139. The molecule has 0 aliphatic carbocycles. The Kier molecular flexibility index (Phi) is 6.52. The molecule has 1 heterocycles.